The van der Waals surface area contributed by atoms with Crippen molar-refractivity contribution in [2.75, 3.05) is 34.3 Å². The molecule has 0 unspecified atom stereocenters. The average molecular weight is 381 g/mol. The molecule has 1 amide bonds. The number of aromatic nitrogens is 1. The summed E-state index contributed by atoms with van der Waals surface area (Å²) in [5.41, 5.74) is 1.02. The smallest absolute Gasteiger partial charge is 0.295 e. The summed E-state index contributed by atoms with van der Waals surface area (Å²) in [6.45, 7) is 0.928. The normalized spacial score (nSPS) is 18.7. The molecule has 1 saturated heterocycles. The number of ketones is 1. The fraction of sp³-hybridized carbons (Fsp3) is 0.286. The first-order valence-electron chi connectivity index (χ1n) is 8.92. The number of carbonyl (C=O) groups excluding carboxylic acids is 2. The average Bonchev–Trinajstić information content (AvgIpc) is 2.97. The lowest BCUT2D eigenvalue weighted by molar-refractivity contribution is -0.140. The zero-order chi connectivity index (χ0) is 20.3. The van der Waals surface area contributed by atoms with Gasteiger partial charge in [0, 0.05) is 24.8 Å². The third kappa shape index (κ3) is 3.75. The number of aliphatic hydroxyl groups is 1. The highest BCUT2D eigenvalue weighted by Crippen LogP contribution is 2.38. The molecular weight excluding hydrogens is 358 g/mol. The molecule has 2 aromatic rings. The summed E-state index contributed by atoms with van der Waals surface area (Å²) in [4.78, 5) is 33.3. The van der Waals surface area contributed by atoms with Crippen LogP contribution in [0, 0.1) is 0 Å². The first-order valence-corrected chi connectivity index (χ1v) is 8.92. The maximum absolute atomic E-state index is 12.8. The number of aliphatic hydroxyl groups excluding tert-OH is 1. The van der Waals surface area contributed by atoms with Gasteiger partial charge in [0.25, 0.3) is 11.7 Å². The minimum Gasteiger partial charge on any atom is -0.507 e. The van der Waals surface area contributed by atoms with E-state index in [-0.39, 0.29) is 11.3 Å². The zero-order valence-corrected chi connectivity index (χ0v) is 16.1. The van der Waals surface area contributed by atoms with Gasteiger partial charge >= 0.3 is 0 Å². The molecule has 1 atom stereocenters. The van der Waals surface area contributed by atoms with Gasteiger partial charge in [0.2, 0.25) is 0 Å². The SMILES string of the molecule is COc1ccc(/C(O)=C2\C(=O)C(=O)N(CCN(C)C)[C@@H]2c2ccccn2)cc1. The standard InChI is InChI=1S/C21H23N3O4/c1-23(2)12-13-24-18(16-6-4-5-11-22-16)17(20(26)21(24)27)19(25)14-7-9-15(28-3)10-8-14/h4-11,18,25H,12-13H2,1-3H3/b19-17+/t18-/m1/s1. The lowest BCUT2D eigenvalue weighted by Crippen LogP contribution is -2.35. The van der Waals surface area contributed by atoms with Crippen LogP contribution >= 0.6 is 0 Å². The van der Waals surface area contributed by atoms with Crippen LogP contribution in [0.5, 0.6) is 5.75 Å². The zero-order valence-electron chi connectivity index (χ0n) is 16.1. The van der Waals surface area contributed by atoms with E-state index in [1.54, 1.807) is 55.8 Å². The van der Waals surface area contributed by atoms with Crippen molar-refractivity contribution in [3.63, 3.8) is 0 Å². The molecule has 1 aromatic carbocycles. The number of methoxy groups -OCH3 is 1. The predicted octanol–water partition coefficient (Wildman–Crippen LogP) is 2.07. The van der Waals surface area contributed by atoms with Crippen molar-refractivity contribution >= 4 is 17.4 Å². The van der Waals surface area contributed by atoms with E-state index in [9.17, 15) is 14.7 Å². The second kappa shape index (κ2) is 8.22. The predicted molar refractivity (Wildman–Crippen MR) is 105 cm³/mol. The quantitative estimate of drug-likeness (QED) is 0.469. The number of pyridine rings is 1. The molecule has 28 heavy (non-hydrogen) atoms. The van der Waals surface area contributed by atoms with Gasteiger partial charge in [-0.3, -0.25) is 14.6 Å². The molecule has 0 saturated carbocycles. The molecule has 0 spiro atoms. The maximum atomic E-state index is 12.8. The van der Waals surface area contributed by atoms with Gasteiger partial charge in [-0.2, -0.15) is 0 Å². The van der Waals surface area contributed by atoms with E-state index in [2.05, 4.69) is 4.98 Å². The van der Waals surface area contributed by atoms with Crippen molar-refractivity contribution in [3.8, 4) is 5.75 Å². The van der Waals surface area contributed by atoms with Gasteiger partial charge < -0.3 is 19.6 Å². The van der Waals surface area contributed by atoms with Gasteiger partial charge in [-0.1, -0.05) is 6.07 Å². The molecular formula is C21H23N3O4. The Labute approximate surface area is 163 Å². The molecule has 1 aliphatic rings. The highest BCUT2D eigenvalue weighted by Gasteiger charge is 2.46. The Bertz CT molecular complexity index is 892. The lowest BCUT2D eigenvalue weighted by Gasteiger charge is -2.25. The van der Waals surface area contributed by atoms with E-state index >= 15 is 0 Å². The van der Waals surface area contributed by atoms with Crippen LogP contribution in [0.25, 0.3) is 5.76 Å². The third-order valence-electron chi connectivity index (χ3n) is 4.66. The summed E-state index contributed by atoms with van der Waals surface area (Å²) in [5, 5.41) is 10.9. The summed E-state index contributed by atoms with van der Waals surface area (Å²) >= 11 is 0. The van der Waals surface area contributed by atoms with Crippen molar-refractivity contribution in [1.82, 2.24) is 14.8 Å². The highest BCUT2D eigenvalue weighted by molar-refractivity contribution is 6.46. The Morgan fingerprint density at radius 1 is 1.18 bits per heavy atom. The molecule has 0 radical (unpaired) electrons. The fourth-order valence-electron chi connectivity index (χ4n) is 3.17. The van der Waals surface area contributed by atoms with Gasteiger partial charge in [-0.15, -0.1) is 0 Å². The van der Waals surface area contributed by atoms with Crippen molar-refractivity contribution in [2.45, 2.75) is 6.04 Å². The molecule has 3 rings (SSSR count). The number of likely N-dealkylation sites (N-methyl/N-ethyl adjacent to an activating group) is 1. The Morgan fingerprint density at radius 2 is 1.89 bits per heavy atom. The summed E-state index contributed by atoms with van der Waals surface area (Å²) in [6, 6.07) is 11.2. The molecule has 146 valence electrons. The van der Waals surface area contributed by atoms with Crippen LogP contribution < -0.4 is 4.74 Å². The van der Waals surface area contributed by atoms with Gasteiger partial charge in [0.1, 0.15) is 17.6 Å². The Kier molecular flexibility index (Phi) is 5.75. The van der Waals surface area contributed by atoms with Gasteiger partial charge in [-0.25, -0.2) is 0 Å². The first kappa shape index (κ1) is 19.6. The monoisotopic (exact) mass is 381 g/mol. The van der Waals surface area contributed by atoms with Crippen LogP contribution in [0.15, 0.2) is 54.2 Å². The number of nitrogens with zero attached hydrogens (tertiary/aromatic N) is 3. The second-order valence-corrected chi connectivity index (χ2v) is 6.78. The highest BCUT2D eigenvalue weighted by atomic mass is 16.5. The molecule has 1 N–H and O–H groups in total. The van der Waals surface area contributed by atoms with Crippen LogP contribution in [-0.2, 0) is 9.59 Å². The summed E-state index contributed by atoms with van der Waals surface area (Å²) in [5.74, 6) is -0.927. The van der Waals surface area contributed by atoms with Crippen LogP contribution in [0.2, 0.25) is 0 Å². The Morgan fingerprint density at radius 3 is 2.46 bits per heavy atom. The van der Waals surface area contributed by atoms with Crippen molar-refractivity contribution in [1.29, 1.82) is 0 Å². The van der Waals surface area contributed by atoms with Gasteiger partial charge in [0.05, 0.1) is 18.4 Å². The van der Waals surface area contributed by atoms with Crippen molar-refractivity contribution < 1.29 is 19.4 Å². The molecule has 1 fully saturated rings. The van der Waals surface area contributed by atoms with E-state index in [0.29, 0.717) is 30.1 Å². The van der Waals surface area contributed by atoms with E-state index in [1.807, 2.05) is 19.0 Å². The Balaban J connectivity index is 2.10. The van der Waals surface area contributed by atoms with Crippen LogP contribution in [0.1, 0.15) is 17.3 Å². The third-order valence-corrected chi connectivity index (χ3v) is 4.66. The molecule has 1 aromatic heterocycles. The lowest BCUT2D eigenvalue weighted by atomic mass is 9.98. The van der Waals surface area contributed by atoms with E-state index in [4.69, 9.17) is 4.74 Å². The van der Waals surface area contributed by atoms with E-state index < -0.39 is 17.7 Å². The van der Waals surface area contributed by atoms with Crippen molar-refractivity contribution in [2.24, 2.45) is 0 Å². The number of hydrogen-bond acceptors (Lipinski definition) is 6. The number of likely N-dealkylation sites (tertiary alicyclic amines) is 1. The summed E-state index contributed by atoms with van der Waals surface area (Å²) in [6.07, 6.45) is 1.61. The van der Waals surface area contributed by atoms with Crippen molar-refractivity contribution in [3.05, 3.63) is 65.5 Å². The topological polar surface area (TPSA) is 83.0 Å². The minimum atomic E-state index is -0.733. The van der Waals surface area contributed by atoms with Gasteiger partial charge in [0.15, 0.2) is 0 Å². The molecule has 7 heteroatoms. The maximum Gasteiger partial charge on any atom is 0.295 e. The molecule has 1 aliphatic heterocycles. The number of hydrogen-bond donors (Lipinski definition) is 1. The minimum absolute atomic E-state index is 0.0487. The summed E-state index contributed by atoms with van der Waals surface area (Å²) in [7, 11) is 5.33. The van der Waals surface area contributed by atoms with Crippen LogP contribution in [-0.4, -0.2) is 65.9 Å². The molecule has 0 bridgehead atoms. The molecule has 0 aliphatic carbocycles. The summed E-state index contributed by atoms with van der Waals surface area (Å²) < 4.78 is 5.13. The number of ether oxygens (including phenoxy) is 1. The Hall–Kier alpha value is -3.19. The number of carbonyl (C=O) groups is 2. The number of benzene rings is 1. The fourth-order valence-corrected chi connectivity index (χ4v) is 3.17. The van der Waals surface area contributed by atoms with E-state index in [1.165, 1.54) is 4.90 Å². The van der Waals surface area contributed by atoms with Crippen LogP contribution in [0.3, 0.4) is 0 Å². The molecule has 2 heterocycles. The molecule has 7 nitrogen and oxygen atoms in total. The first-order chi connectivity index (χ1) is 13.4. The number of Topliss-reactive ketones (excluding diaryl/α,β-unsaturated/α-hetero) is 1. The van der Waals surface area contributed by atoms with Gasteiger partial charge in [-0.05, 0) is 50.5 Å². The second-order valence-electron chi connectivity index (χ2n) is 6.78. The largest absolute Gasteiger partial charge is 0.507 e. The number of rotatable bonds is 6. The van der Waals surface area contributed by atoms with E-state index in [0.717, 1.165) is 0 Å². The number of amides is 1. The van der Waals surface area contributed by atoms with Crippen LogP contribution in [0.4, 0.5) is 0 Å².